The average molecular weight is 804 g/mol. The van der Waals surface area contributed by atoms with Crippen molar-refractivity contribution >= 4 is 82.1 Å². The molecule has 0 bridgehead atoms. The highest BCUT2D eigenvalue weighted by Crippen LogP contribution is 2.51. The number of hydrogen-bond donors (Lipinski definition) is 0. The molecule has 0 saturated heterocycles. The Balaban J connectivity index is 0.977. The van der Waals surface area contributed by atoms with Crippen molar-refractivity contribution in [1.29, 1.82) is 0 Å². The van der Waals surface area contributed by atoms with Gasteiger partial charge < -0.3 is 9.32 Å². The predicted molar refractivity (Wildman–Crippen MR) is 267 cm³/mol. The summed E-state index contributed by atoms with van der Waals surface area (Å²) in [5.41, 5.74) is 15.2. The number of nitrogens with zero attached hydrogens (tertiary/aromatic N) is 1. The largest absolute Gasteiger partial charge is 0.456 e. The molecule has 0 spiro atoms. The van der Waals surface area contributed by atoms with Crippen LogP contribution < -0.4 is 4.90 Å². The molecule has 0 amide bonds. The van der Waals surface area contributed by atoms with Crippen LogP contribution in [-0.2, 0) is 5.41 Å². The van der Waals surface area contributed by atoms with E-state index in [9.17, 15) is 0 Å². The fraction of sp³-hybridized carbons (Fsp3) is 0.0492. The second kappa shape index (κ2) is 13.5. The van der Waals surface area contributed by atoms with Crippen molar-refractivity contribution in [2.75, 3.05) is 4.90 Å². The SMILES string of the molecule is CC1(C)c2ccccc2-c2ccc(N(c3ccc(-c4ccc5ccccc5c4)cc3)c3cccc(-c4ccc5c6ccccc6c6c(ccc7oc8ccccc8c76)c5c4)c3)cc21. The van der Waals surface area contributed by atoms with Crippen LogP contribution in [0.25, 0.3) is 98.4 Å². The van der Waals surface area contributed by atoms with Crippen LogP contribution in [0.15, 0.2) is 217 Å². The van der Waals surface area contributed by atoms with Gasteiger partial charge in [0.1, 0.15) is 11.2 Å². The first kappa shape index (κ1) is 35.8. The molecule has 0 atom stereocenters. The zero-order valence-corrected chi connectivity index (χ0v) is 35.1. The van der Waals surface area contributed by atoms with Gasteiger partial charge in [0, 0.05) is 38.6 Å². The number of anilines is 3. The zero-order chi connectivity index (χ0) is 41.8. The Morgan fingerprint density at radius 2 is 0.952 bits per heavy atom. The van der Waals surface area contributed by atoms with E-state index in [1.165, 1.54) is 87.4 Å². The van der Waals surface area contributed by atoms with Crippen LogP contribution in [-0.4, -0.2) is 0 Å². The molecule has 1 aromatic heterocycles. The van der Waals surface area contributed by atoms with Crippen molar-refractivity contribution in [1.82, 2.24) is 0 Å². The Labute approximate surface area is 365 Å². The van der Waals surface area contributed by atoms with Gasteiger partial charge in [-0.25, -0.2) is 0 Å². The molecule has 0 saturated carbocycles. The highest BCUT2D eigenvalue weighted by molar-refractivity contribution is 6.34. The lowest BCUT2D eigenvalue weighted by Crippen LogP contribution is -2.16. The van der Waals surface area contributed by atoms with E-state index >= 15 is 0 Å². The zero-order valence-electron chi connectivity index (χ0n) is 35.1. The molecule has 13 rings (SSSR count). The van der Waals surface area contributed by atoms with Crippen LogP contribution in [0.4, 0.5) is 17.1 Å². The van der Waals surface area contributed by atoms with Gasteiger partial charge in [0.05, 0.1) is 0 Å². The lowest BCUT2D eigenvalue weighted by Gasteiger charge is -2.28. The van der Waals surface area contributed by atoms with E-state index in [0.29, 0.717) is 0 Å². The summed E-state index contributed by atoms with van der Waals surface area (Å²) < 4.78 is 6.42. The van der Waals surface area contributed by atoms with Gasteiger partial charge in [-0.2, -0.15) is 0 Å². The standard InChI is InChI=1S/C61H41NO/c1-61(2)55-20-9-7-17-49(55)50-31-29-46(37-56(50)61)62(44-27-24-39(25-28-44)42-23-22-38-12-3-4-13-40(38)34-42)45-15-11-14-41(35-45)43-26-30-48-47-16-5-6-18-51(47)59-52(54(48)36-43)32-33-58-60(59)53-19-8-10-21-57(53)63-58/h3-37H,1-2H3. The molecular weight excluding hydrogens is 763 g/mol. The molecule has 0 aliphatic heterocycles. The summed E-state index contributed by atoms with van der Waals surface area (Å²) in [4.78, 5) is 2.43. The van der Waals surface area contributed by atoms with E-state index in [-0.39, 0.29) is 5.41 Å². The maximum Gasteiger partial charge on any atom is 0.136 e. The number of furan rings is 1. The third-order valence-corrected chi connectivity index (χ3v) is 13.8. The Morgan fingerprint density at radius 1 is 0.333 bits per heavy atom. The number of rotatable bonds is 5. The van der Waals surface area contributed by atoms with E-state index < -0.39 is 0 Å². The number of benzene rings is 11. The van der Waals surface area contributed by atoms with Gasteiger partial charge in [-0.3, -0.25) is 0 Å². The van der Waals surface area contributed by atoms with E-state index in [1.807, 2.05) is 6.07 Å². The molecule has 1 aliphatic rings. The minimum atomic E-state index is -0.123. The molecule has 0 radical (unpaired) electrons. The van der Waals surface area contributed by atoms with Gasteiger partial charge in [-0.05, 0) is 149 Å². The van der Waals surface area contributed by atoms with Crippen LogP contribution in [0, 0.1) is 0 Å². The molecule has 0 unspecified atom stereocenters. The van der Waals surface area contributed by atoms with Crippen LogP contribution >= 0.6 is 0 Å². The van der Waals surface area contributed by atoms with Crippen LogP contribution in [0.1, 0.15) is 25.0 Å². The lowest BCUT2D eigenvalue weighted by atomic mass is 9.82. The minimum absolute atomic E-state index is 0.123. The highest BCUT2D eigenvalue weighted by Gasteiger charge is 2.35. The van der Waals surface area contributed by atoms with Gasteiger partial charge in [-0.15, -0.1) is 0 Å². The molecule has 1 heterocycles. The summed E-state index contributed by atoms with van der Waals surface area (Å²) in [5.74, 6) is 0. The Kier molecular flexibility index (Phi) is 7.68. The Hall–Kier alpha value is -7.94. The summed E-state index contributed by atoms with van der Waals surface area (Å²) in [5, 5.41) is 12.3. The molecule has 11 aromatic carbocycles. The van der Waals surface area contributed by atoms with Crippen molar-refractivity contribution in [3.63, 3.8) is 0 Å². The van der Waals surface area contributed by atoms with E-state index in [4.69, 9.17) is 4.42 Å². The first-order valence-corrected chi connectivity index (χ1v) is 21.9. The van der Waals surface area contributed by atoms with Gasteiger partial charge in [-0.1, -0.05) is 159 Å². The van der Waals surface area contributed by atoms with Crippen molar-refractivity contribution < 1.29 is 4.42 Å². The number of fused-ring (bicyclic) bond motifs is 14. The lowest BCUT2D eigenvalue weighted by molar-refractivity contribution is 0.660. The first-order chi connectivity index (χ1) is 31.0. The summed E-state index contributed by atoms with van der Waals surface area (Å²) in [6.45, 7) is 4.72. The smallest absolute Gasteiger partial charge is 0.136 e. The fourth-order valence-corrected chi connectivity index (χ4v) is 10.7. The normalized spacial score (nSPS) is 13.0. The van der Waals surface area contributed by atoms with Crippen LogP contribution in [0.2, 0.25) is 0 Å². The van der Waals surface area contributed by atoms with Crippen molar-refractivity contribution in [2.45, 2.75) is 19.3 Å². The maximum absolute atomic E-state index is 6.42. The van der Waals surface area contributed by atoms with Crippen molar-refractivity contribution in [3.8, 4) is 33.4 Å². The number of para-hydroxylation sites is 1. The van der Waals surface area contributed by atoms with E-state index in [1.54, 1.807) is 0 Å². The van der Waals surface area contributed by atoms with E-state index in [0.717, 1.165) is 39.2 Å². The topological polar surface area (TPSA) is 16.4 Å². The summed E-state index contributed by atoms with van der Waals surface area (Å²) >= 11 is 0. The number of hydrogen-bond acceptors (Lipinski definition) is 2. The predicted octanol–water partition coefficient (Wildman–Crippen LogP) is 17.3. The summed E-state index contributed by atoms with van der Waals surface area (Å²) in [6, 6.07) is 78.1. The van der Waals surface area contributed by atoms with Crippen molar-refractivity contribution in [3.05, 3.63) is 223 Å². The highest BCUT2D eigenvalue weighted by atomic mass is 16.3. The van der Waals surface area contributed by atoms with Crippen LogP contribution in [0.5, 0.6) is 0 Å². The second-order valence-corrected chi connectivity index (χ2v) is 17.7. The average Bonchev–Trinajstić information content (AvgIpc) is 3.83. The van der Waals surface area contributed by atoms with Gasteiger partial charge >= 0.3 is 0 Å². The second-order valence-electron chi connectivity index (χ2n) is 17.7. The Morgan fingerprint density at radius 3 is 1.84 bits per heavy atom. The van der Waals surface area contributed by atoms with Gasteiger partial charge in [0.15, 0.2) is 0 Å². The Bertz CT molecular complexity index is 3830. The molecule has 2 heteroatoms. The molecule has 2 nitrogen and oxygen atoms in total. The summed E-state index contributed by atoms with van der Waals surface area (Å²) in [6.07, 6.45) is 0. The van der Waals surface area contributed by atoms with Gasteiger partial charge in [0.25, 0.3) is 0 Å². The monoisotopic (exact) mass is 803 g/mol. The molecule has 0 N–H and O–H groups in total. The molecule has 1 aliphatic carbocycles. The first-order valence-electron chi connectivity index (χ1n) is 21.9. The van der Waals surface area contributed by atoms with Gasteiger partial charge in [0.2, 0.25) is 0 Å². The quantitative estimate of drug-likeness (QED) is 0.161. The van der Waals surface area contributed by atoms with Crippen molar-refractivity contribution in [2.24, 2.45) is 0 Å². The minimum Gasteiger partial charge on any atom is -0.456 e. The third kappa shape index (κ3) is 5.44. The van der Waals surface area contributed by atoms with E-state index in [2.05, 4.69) is 225 Å². The van der Waals surface area contributed by atoms with Crippen LogP contribution in [0.3, 0.4) is 0 Å². The molecular formula is C61H41NO. The molecule has 63 heavy (non-hydrogen) atoms. The third-order valence-electron chi connectivity index (χ3n) is 13.8. The summed E-state index contributed by atoms with van der Waals surface area (Å²) in [7, 11) is 0. The molecule has 0 fully saturated rings. The maximum atomic E-state index is 6.42. The molecule has 12 aromatic rings. The molecule has 296 valence electrons. The fourth-order valence-electron chi connectivity index (χ4n) is 10.7.